The summed E-state index contributed by atoms with van der Waals surface area (Å²) in [6.07, 6.45) is 1.54. The lowest BCUT2D eigenvalue weighted by Gasteiger charge is -2.07. The molecule has 1 aromatic carbocycles. The smallest absolute Gasteiger partial charge is 0.251 e. The van der Waals surface area contributed by atoms with Crippen molar-refractivity contribution in [2.24, 2.45) is 0 Å². The number of amides is 2. The van der Waals surface area contributed by atoms with Crippen molar-refractivity contribution in [2.75, 3.05) is 6.54 Å². The van der Waals surface area contributed by atoms with Crippen LogP contribution in [-0.2, 0) is 11.3 Å². The van der Waals surface area contributed by atoms with E-state index in [1.807, 2.05) is 19.9 Å². The van der Waals surface area contributed by atoms with E-state index in [9.17, 15) is 9.59 Å². The lowest BCUT2D eigenvalue weighted by molar-refractivity contribution is -0.120. The van der Waals surface area contributed by atoms with Gasteiger partial charge in [0.25, 0.3) is 5.91 Å². The van der Waals surface area contributed by atoms with Gasteiger partial charge in [-0.1, -0.05) is 17.2 Å². The third-order valence-corrected chi connectivity index (χ3v) is 2.93. The van der Waals surface area contributed by atoms with E-state index in [1.54, 1.807) is 30.5 Å². The first-order chi connectivity index (χ1) is 10.0. The van der Waals surface area contributed by atoms with Gasteiger partial charge in [-0.2, -0.15) is 0 Å². The fraction of sp³-hybridized carbons (Fsp3) is 0.250. The Morgan fingerprint density at radius 3 is 2.43 bits per heavy atom. The van der Waals surface area contributed by atoms with Gasteiger partial charge in [-0.15, -0.1) is 0 Å². The molecular formula is C16H18N2O3. The molecule has 2 rings (SSSR count). The molecule has 0 aliphatic carbocycles. The number of rotatable bonds is 5. The molecule has 0 saturated heterocycles. The monoisotopic (exact) mass is 286 g/mol. The zero-order chi connectivity index (χ0) is 15.2. The Morgan fingerprint density at radius 1 is 1.10 bits per heavy atom. The van der Waals surface area contributed by atoms with Crippen LogP contribution in [0.3, 0.4) is 0 Å². The SMILES string of the molecule is Cc1cc(C)cc(C(=O)NCC(=O)NCc2ccco2)c1. The Morgan fingerprint density at radius 2 is 1.81 bits per heavy atom. The first kappa shape index (κ1) is 14.8. The van der Waals surface area contributed by atoms with Crippen LogP contribution in [0.2, 0.25) is 0 Å². The van der Waals surface area contributed by atoms with Gasteiger partial charge in [0, 0.05) is 5.56 Å². The molecule has 21 heavy (non-hydrogen) atoms. The van der Waals surface area contributed by atoms with Crippen molar-refractivity contribution in [3.63, 3.8) is 0 Å². The number of benzene rings is 1. The van der Waals surface area contributed by atoms with E-state index in [4.69, 9.17) is 4.42 Å². The van der Waals surface area contributed by atoms with E-state index in [0.29, 0.717) is 17.9 Å². The average Bonchev–Trinajstić information content (AvgIpc) is 2.94. The van der Waals surface area contributed by atoms with E-state index < -0.39 is 0 Å². The minimum Gasteiger partial charge on any atom is -0.467 e. The lowest BCUT2D eigenvalue weighted by atomic mass is 10.1. The predicted molar refractivity (Wildman–Crippen MR) is 78.8 cm³/mol. The average molecular weight is 286 g/mol. The van der Waals surface area contributed by atoms with Crippen LogP contribution in [0, 0.1) is 13.8 Å². The molecule has 0 saturated carbocycles. The second kappa shape index (κ2) is 6.74. The van der Waals surface area contributed by atoms with Gasteiger partial charge in [-0.05, 0) is 38.1 Å². The highest BCUT2D eigenvalue weighted by atomic mass is 16.3. The van der Waals surface area contributed by atoms with Crippen LogP contribution in [0.5, 0.6) is 0 Å². The van der Waals surface area contributed by atoms with Crippen molar-refractivity contribution in [2.45, 2.75) is 20.4 Å². The summed E-state index contributed by atoms with van der Waals surface area (Å²) < 4.78 is 5.10. The van der Waals surface area contributed by atoms with Gasteiger partial charge < -0.3 is 15.1 Å². The maximum Gasteiger partial charge on any atom is 0.251 e. The van der Waals surface area contributed by atoms with E-state index >= 15 is 0 Å². The Kier molecular flexibility index (Phi) is 4.77. The lowest BCUT2D eigenvalue weighted by Crippen LogP contribution is -2.36. The molecule has 0 spiro atoms. The number of aryl methyl sites for hydroxylation is 2. The summed E-state index contributed by atoms with van der Waals surface area (Å²) >= 11 is 0. The zero-order valence-electron chi connectivity index (χ0n) is 12.1. The summed E-state index contributed by atoms with van der Waals surface area (Å²) in [5.74, 6) is 0.156. The van der Waals surface area contributed by atoms with Crippen molar-refractivity contribution < 1.29 is 14.0 Å². The third kappa shape index (κ3) is 4.49. The summed E-state index contributed by atoms with van der Waals surface area (Å²) in [4.78, 5) is 23.6. The van der Waals surface area contributed by atoms with Gasteiger partial charge in [0.1, 0.15) is 5.76 Å². The van der Waals surface area contributed by atoms with Crippen LogP contribution < -0.4 is 10.6 Å². The molecule has 2 aromatic rings. The minimum atomic E-state index is -0.260. The number of hydrogen-bond acceptors (Lipinski definition) is 3. The highest BCUT2D eigenvalue weighted by Gasteiger charge is 2.09. The molecule has 2 N–H and O–H groups in total. The molecule has 0 aliphatic rings. The molecule has 1 aromatic heterocycles. The summed E-state index contributed by atoms with van der Waals surface area (Å²) in [7, 11) is 0. The maximum atomic E-state index is 12.0. The predicted octanol–water partition coefficient (Wildman–Crippen LogP) is 1.94. The first-order valence-corrected chi connectivity index (χ1v) is 6.70. The van der Waals surface area contributed by atoms with Gasteiger partial charge >= 0.3 is 0 Å². The standard InChI is InChI=1S/C16H18N2O3/c1-11-6-12(2)8-13(7-11)16(20)18-10-15(19)17-9-14-4-3-5-21-14/h3-8H,9-10H2,1-2H3,(H,17,19)(H,18,20). The van der Waals surface area contributed by atoms with E-state index in [1.165, 1.54) is 0 Å². The van der Waals surface area contributed by atoms with Gasteiger partial charge in [-0.25, -0.2) is 0 Å². The molecule has 0 bridgehead atoms. The maximum absolute atomic E-state index is 12.0. The van der Waals surface area contributed by atoms with Crippen molar-refractivity contribution in [3.8, 4) is 0 Å². The van der Waals surface area contributed by atoms with E-state index in [0.717, 1.165) is 11.1 Å². The third-order valence-electron chi connectivity index (χ3n) is 2.93. The van der Waals surface area contributed by atoms with E-state index in [-0.39, 0.29) is 18.4 Å². The Bertz CT molecular complexity index is 613. The van der Waals surface area contributed by atoms with Gasteiger partial charge in [0.15, 0.2) is 0 Å². The molecule has 0 atom stereocenters. The van der Waals surface area contributed by atoms with Gasteiger partial charge in [-0.3, -0.25) is 9.59 Å². The fourth-order valence-corrected chi connectivity index (χ4v) is 2.03. The number of nitrogens with one attached hydrogen (secondary N) is 2. The number of hydrogen-bond donors (Lipinski definition) is 2. The molecule has 0 unspecified atom stereocenters. The first-order valence-electron chi connectivity index (χ1n) is 6.70. The van der Waals surface area contributed by atoms with Gasteiger partial charge in [0.2, 0.25) is 5.91 Å². The highest BCUT2D eigenvalue weighted by molar-refractivity contribution is 5.96. The quantitative estimate of drug-likeness (QED) is 0.882. The molecule has 0 radical (unpaired) electrons. The topological polar surface area (TPSA) is 71.3 Å². The van der Waals surface area contributed by atoms with Gasteiger partial charge in [0.05, 0.1) is 19.4 Å². The van der Waals surface area contributed by atoms with Crippen LogP contribution in [0.1, 0.15) is 27.2 Å². The molecule has 1 heterocycles. The molecule has 5 nitrogen and oxygen atoms in total. The molecule has 0 fully saturated rings. The van der Waals surface area contributed by atoms with Crippen LogP contribution in [0.15, 0.2) is 41.0 Å². The van der Waals surface area contributed by atoms with Crippen LogP contribution in [-0.4, -0.2) is 18.4 Å². The normalized spacial score (nSPS) is 10.2. The van der Waals surface area contributed by atoms with Crippen LogP contribution in [0.25, 0.3) is 0 Å². The summed E-state index contributed by atoms with van der Waals surface area (Å²) in [6.45, 7) is 4.11. The van der Waals surface area contributed by atoms with Crippen molar-refractivity contribution >= 4 is 11.8 Å². The van der Waals surface area contributed by atoms with Crippen molar-refractivity contribution in [1.29, 1.82) is 0 Å². The Balaban J connectivity index is 1.81. The Hall–Kier alpha value is -2.56. The summed E-state index contributed by atoms with van der Waals surface area (Å²) in [5.41, 5.74) is 2.59. The molecule has 5 heteroatoms. The largest absolute Gasteiger partial charge is 0.467 e. The number of furan rings is 1. The second-order valence-corrected chi connectivity index (χ2v) is 4.92. The Labute approximate surface area is 123 Å². The molecule has 110 valence electrons. The van der Waals surface area contributed by atoms with E-state index in [2.05, 4.69) is 10.6 Å². The fourth-order valence-electron chi connectivity index (χ4n) is 2.03. The number of carbonyl (C=O) groups excluding carboxylic acids is 2. The zero-order valence-corrected chi connectivity index (χ0v) is 12.1. The second-order valence-electron chi connectivity index (χ2n) is 4.92. The summed E-state index contributed by atoms with van der Waals surface area (Å²) in [6, 6.07) is 9.11. The van der Waals surface area contributed by atoms with Crippen LogP contribution in [0.4, 0.5) is 0 Å². The number of carbonyl (C=O) groups is 2. The minimum absolute atomic E-state index is 0.0630. The van der Waals surface area contributed by atoms with Crippen molar-refractivity contribution in [3.05, 3.63) is 59.0 Å². The molecular weight excluding hydrogens is 268 g/mol. The van der Waals surface area contributed by atoms with Crippen molar-refractivity contribution in [1.82, 2.24) is 10.6 Å². The molecule has 0 aliphatic heterocycles. The summed E-state index contributed by atoms with van der Waals surface area (Å²) in [5, 5.41) is 5.27. The highest BCUT2D eigenvalue weighted by Crippen LogP contribution is 2.08. The molecule has 2 amide bonds. The van der Waals surface area contributed by atoms with Crippen LogP contribution >= 0.6 is 0 Å².